The molecule has 0 spiro atoms. The molecule has 0 unspecified atom stereocenters. The van der Waals surface area contributed by atoms with E-state index < -0.39 is 15.9 Å². The molecule has 0 aromatic carbocycles. The highest BCUT2D eigenvalue weighted by molar-refractivity contribution is 7.85. The molecule has 1 N–H and O–H groups in total. The Morgan fingerprint density at radius 2 is 1.56 bits per heavy atom. The SMILES string of the molecule is CCCCCCCCCOCC1COC(C)(COCCCS(=O)(=O)O)OC1. The van der Waals surface area contributed by atoms with Crippen LogP contribution < -0.4 is 0 Å². The normalized spacial score (nSPS) is 23.6. The number of rotatable bonds is 16. The van der Waals surface area contributed by atoms with Gasteiger partial charge >= 0.3 is 0 Å². The van der Waals surface area contributed by atoms with Crippen LogP contribution in [0.2, 0.25) is 0 Å². The molecule has 0 radical (unpaired) electrons. The lowest BCUT2D eigenvalue weighted by molar-refractivity contribution is -0.294. The summed E-state index contributed by atoms with van der Waals surface area (Å²) in [7, 11) is -3.93. The average Bonchev–Trinajstić information content (AvgIpc) is 2.61. The van der Waals surface area contributed by atoms with Crippen molar-refractivity contribution in [2.24, 2.45) is 5.92 Å². The summed E-state index contributed by atoms with van der Waals surface area (Å²) in [5, 5.41) is 0. The van der Waals surface area contributed by atoms with E-state index in [1.807, 2.05) is 6.92 Å². The highest BCUT2D eigenvalue weighted by Crippen LogP contribution is 2.22. The maximum atomic E-state index is 10.6. The van der Waals surface area contributed by atoms with Gasteiger partial charge < -0.3 is 18.9 Å². The second-order valence-electron chi connectivity index (χ2n) is 7.51. The van der Waals surface area contributed by atoms with Crippen LogP contribution in [0, 0.1) is 5.92 Å². The van der Waals surface area contributed by atoms with Gasteiger partial charge in [0.1, 0.15) is 6.61 Å². The van der Waals surface area contributed by atoms with Crippen LogP contribution in [-0.4, -0.2) is 64.2 Å². The topological polar surface area (TPSA) is 91.3 Å². The maximum Gasteiger partial charge on any atom is 0.264 e. The Bertz CT molecular complexity index is 459. The average molecular weight is 411 g/mol. The van der Waals surface area contributed by atoms with Crippen LogP contribution in [0.3, 0.4) is 0 Å². The van der Waals surface area contributed by atoms with Crippen LogP contribution in [-0.2, 0) is 29.1 Å². The minimum Gasteiger partial charge on any atom is -0.381 e. The number of unbranched alkanes of at least 4 members (excludes halogenated alkanes) is 6. The molecular weight excluding hydrogens is 372 g/mol. The molecular formula is C19H38O7S. The van der Waals surface area contributed by atoms with Gasteiger partial charge in [-0.2, -0.15) is 8.42 Å². The first-order valence-corrected chi connectivity index (χ1v) is 11.8. The third-order valence-corrected chi connectivity index (χ3v) is 5.35. The van der Waals surface area contributed by atoms with Crippen molar-refractivity contribution >= 4 is 10.1 Å². The van der Waals surface area contributed by atoms with Crippen molar-refractivity contribution in [2.45, 2.75) is 71.0 Å². The second-order valence-corrected chi connectivity index (χ2v) is 9.08. The van der Waals surface area contributed by atoms with Crippen LogP contribution in [0.25, 0.3) is 0 Å². The van der Waals surface area contributed by atoms with Crippen molar-refractivity contribution in [3.05, 3.63) is 0 Å². The first kappa shape index (κ1) is 24.8. The minimum atomic E-state index is -3.93. The van der Waals surface area contributed by atoms with Crippen LogP contribution in [0.5, 0.6) is 0 Å². The summed E-state index contributed by atoms with van der Waals surface area (Å²) in [4.78, 5) is 0. The van der Waals surface area contributed by atoms with Gasteiger partial charge in [-0.05, 0) is 19.8 Å². The fourth-order valence-electron chi connectivity index (χ4n) is 2.87. The standard InChI is InChI=1S/C19H38O7S/c1-3-4-5-6-7-8-9-11-23-14-18-15-25-19(2,26-16-18)17-24-12-10-13-27(20,21)22/h18H,3-17H2,1-2H3,(H,20,21,22). The molecule has 1 heterocycles. The van der Waals surface area contributed by atoms with Crippen LogP contribution in [0.1, 0.15) is 65.2 Å². The van der Waals surface area contributed by atoms with E-state index in [1.54, 1.807) is 0 Å². The Morgan fingerprint density at radius 1 is 0.963 bits per heavy atom. The Balaban J connectivity index is 1.98. The fourth-order valence-corrected chi connectivity index (χ4v) is 3.35. The molecule has 1 aliphatic heterocycles. The Morgan fingerprint density at radius 3 is 2.19 bits per heavy atom. The van der Waals surface area contributed by atoms with Crippen molar-refractivity contribution in [1.29, 1.82) is 0 Å². The minimum absolute atomic E-state index is 0.224. The zero-order chi connectivity index (χ0) is 20.0. The van der Waals surface area contributed by atoms with Gasteiger partial charge in [-0.3, -0.25) is 4.55 Å². The molecule has 7 nitrogen and oxygen atoms in total. The Labute approximate surface area is 164 Å². The summed E-state index contributed by atoms with van der Waals surface area (Å²) in [6.07, 6.45) is 9.17. The summed E-state index contributed by atoms with van der Waals surface area (Å²) < 4.78 is 52.6. The Kier molecular flexibility index (Phi) is 12.7. The lowest BCUT2D eigenvalue weighted by atomic mass is 10.1. The third kappa shape index (κ3) is 13.5. The van der Waals surface area contributed by atoms with Gasteiger partial charge in [0.2, 0.25) is 0 Å². The van der Waals surface area contributed by atoms with E-state index in [0.29, 0.717) is 19.8 Å². The molecule has 27 heavy (non-hydrogen) atoms. The van der Waals surface area contributed by atoms with Crippen molar-refractivity contribution in [3.8, 4) is 0 Å². The van der Waals surface area contributed by atoms with Crippen molar-refractivity contribution in [3.63, 3.8) is 0 Å². The van der Waals surface area contributed by atoms with Crippen molar-refractivity contribution < 1.29 is 31.9 Å². The zero-order valence-corrected chi connectivity index (χ0v) is 17.8. The molecule has 0 atom stereocenters. The Hall–Kier alpha value is -0.250. The van der Waals surface area contributed by atoms with Crippen molar-refractivity contribution in [2.75, 3.05) is 45.4 Å². The van der Waals surface area contributed by atoms with E-state index in [1.165, 1.54) is 38.5 Å². The smallest absolute Gasteiger partial charge is 0.264 e. The predicted octanol–water partition coefficient (Wildman–Crippen LogP) is 3.43. The molecule has 0 aromatic heterocycles. The van der Waals surface area contributed by atoms with Gasteiger partial charge in [-0.25, -0.2) is 0 Å². The third-order valence-electron chi connectivity index (χ3n) is 4.55. The predicted molar refractivity (Wildman–Crippen MR) is 104 cm³/mol. The van der Waals surface area contributed by atoms with E-state index in [-0.39, 0.29) is 31.3 Å². The first-order chi connectivity index (χ1) is 12.8. The molecule has 1 fully saturated rings. The van der Waals surface area contributed by atoms with Gasteiger partial charge in [0.05, 0.1) is 25.6 Å². The monoisotopic (exact) mass is 410 g/mol. The molecule has 8 heteroatoms. The molecule has 0 aliphatic carbocycles. The number of ether oxygens (including phenoxy) is 4. The fraction of sp³-hybridized carbons (Fsp3) is 1.00. The van der Waals surface area contributed by atoms with Gasteiger partial charge in [0.15, 0.2) is 5.79 Å². The summed E-state index contributed by atoms with van der Waals surface area (Å²) >= 11 is 0. The zero-order valence-electron chi connectivity index (χ0n) is 17.0. The van der Waals surface area contributed by atoms with Crippen LogP contribution in [0.15, 0.2) is 0 Å². The molecule has 0 bridgehead atoms. The first-order valence-electron chi connectivity index (χ1n) is 10.2. The lowest BCUT2D eigenvalue weighted by Crippen LogP contribution is -2.46. The van der Waals surface area contributed by atoms with Gasteiger partial charge in [0, 0.05) is 19.1 Å². The molecule has 0 amide bonds. The largest absolute Gasteiger partial charge is 0.381 e. The van der Waals surface area contributed by atoms with E-state index >= 15 is 0 Å². The lowest BCUT2D eigenvalue weighted by Gasteiger charge is -2.37. The summed E-state index contributed by atoms with van der Waals surface area (Å²) in [5.74, 6) is -0.890. The van der Waals surface area contributed by atoms with Gasteiger partial charge in [-0.15, -0.1) is 0 Å². The quantitative estimate of drug-likeness (QED) is 0.308. The molecule has 1 saturated heterocycles. The van der Waals surface area contributed by atoms with Crippen LogP contribution in [0.4, 0.5) is 0 Å². The highest BCUT2D eigenvalue weighted by atomic mass is 32.2. The summed E-state index contributed by atoms with van der Waals surface area (Å²) in [6, 6.07) is 0. The molecule has 1 rings (SSSR count). The summed E-state index contributed by atoms with van der Waals surface area (Å²) in [6.45, 7) is 7.04. The van der Waals surface area contributed by atoms with E-state index in [2.05, 4.69) is 6.92 Å². The number of hydrogen-bond donors (Lipinski definition) is 1. The molecule has 1 aliphatic rings. The van der Waals surface area contributed by atoms with E-state index in [9.17, 15) is 8.42 Å². The van der Waals surface area contributed by atoms with Crippen molar-refractivity contribution in [1.82, 2.24) is 0 Å². The maximum absolute atomic E-state index is 10.6. The molecule has 0 aromatic rings. The second kappa shape index (κ2) is 13.8. The molecule has 0 saturated carbocycles. The van der Waals surface area contributed by atoms with Gasteiger partial charge in [0.25, 0.3) is 10.1 Å². The number of hydrogen-bond acceptors (Lipinski definition) is 6. The molecule has 162 valence electrons. The van der Waals surface area contributed by atoms with Gasteiger partial charge in [-0.1, -0.05) is 45.4 Å². The van der Waals surface area contributed by atoms with E-state index in [0.717, 1.165) is 13.0 Å². The summed E-state index contributed by atoms with van der Waals surface area (Å²) in [5.41, 5.74) is 0. The van der Waals surface area contributed by atoms with E-state index in [4.69, 9.17) is 23.5 Å². The highest BCUT2D eigenvalue weighted by Gasteiger charge is 2.33. The van der Waals surface area contributed by atoms with Crippen LogP contribution >= 0.6 is 0 Å².